The fourth-order valence-electron chi connectivity index (χ4n) is 2.59. The topological polar surface area (TPSA) is 64.0 Å². The molecule has 2 rings (SSSR count). The summed E-state index contributed by atoms with van der Waals surface area (Å²) in [7, 11) is 0. The van der Waals surface area contributed by atoms with Gasteiger partial charge < -0.3 is 5.32 Å². The van der Waals surface area contributed by atoms with Crippen LogP contribution in [0.2, 0.25) is 0 Å². The molecule has 146 valence electrons. The Morgan fingerprint density at radius 2 is 1.78 bits per heavy atom. The van der Waals surface area contributed by atoms with E-state index in [-0.39, 0.29) is 28.9 Å². The zero-order valence-corrected chi connectivity index (χ0v) is 15.8. The lowest BCUT2D eigenvalue weighted by Crippen LogP contribution is -2.40. The highest BCUT2D eigenvalue weighted by Crippen LogP contribution is 2.30. The summed E-state index contributed by atoms with van der Waals surface area (Å²) in [6.07, 6.45) is -4.49. The average molecular weight is 381 g/mol. The van der Waals surface area contributed by atoms with Crippen LogP contribution in [0.4, 0.5) is 13.2 Å². The molecule has 2 aromatic rings. The van der Waals surface area contributed by atoms with E-state index in [2.05, 4.69) is 10.4 Å². The molecule has 1 aromatic carbocycles. The molecule has 0 saturated carbocycles. The molecule has 0 saturated heterocycles. The Balaban J connectivity index is 2.40. The molecule has 0 spiro atoms. The molecule has 0 fully saturated rings. The van der Waals surface area contributed by atoms with E-state index in [0.29, 0.717) is 5.69 Å². The lowest BCUT2D eigenvalue weighted by molar-refractivity contribution is -0.137. The molecule has 8 heteroatoms. The molecule has 0 radical (unpaired) electrons. The van der Waals surface area contributed by atoms with E-state index in [1.165, 1.54) is 16.8 Å². The molecular formula is C19H22F3N3O2. The minimum atomic E-state index is -4.49. The van der Waals surface area contributed by atoms with Gasteiger partial charge in [-0.05, 0) is 44.9 Å². The maximum Gasteiger partial charge on any atom is 0.416 e. The number of aromatic nitrogens is 2. The number of hydrogen-bond donors (Lipinski definition) is 1. The number of Topliss-reactive ketones (excluding diaryl/α,β-unsaturated/α-hetero) is 1. The van der Waals surface area contributed by atoms with E-state index >= 15 is 0 Å². The van der Waals surface area contributed by atoms with Crippen LogP contribution in [0.25, 0.3) is 5.69 Å². The SMILES string of the molecule is Cc1nn(-c2cccc(C(F)(F)F)c2)c(C)c1C(=O)C(=O)NC(C)C(C)C. The fraction of sp³-hybridized carbons (Fsp3) is 0.421. The van der Waals surface area contributed by atoms with Crippen molar-refractivity contribution in [2.45, 2.75) is 46.8 Å². The minimum absolute atomic E-state index is 0.0980. The first-order valence-electron chi connectivity index (χ1n) is 8.52. The monoisotopic (exact) mass is 381 g/mol. The van der Waals surface area contributed by atoms with Crippen molar-refractivity contribution in [3.8, 4) is 5.69 Å². The molecule has 1 unspecified atom stereocenters. The summed E-state index contributed by atoms with van der Waals surface area (Å²) >= 11 is 0. The highest BCUT2D eigenvalue weighted by atomic mass is 19.4. The Morgan fingerprint density at radius 3 is 2.33 bits per heavy atom. The van der Waals surface area contributed by atoms with Gasteiger partial charge in [-0.25, -0.2) is 4.68 Å². The van der Waals surface area contributed by atoms with Crippen molar-refractivity contribution >= 4 is 11.7 Å². The van der Waals surface area contributed by atoms with Gasteiger partial charge in [-0.3, -0.25) is 9.59 Å². The summed E-state index contributed by atoms with van der Waals surface area (Å²) < 4.78 is 40.1. The van der Waals surface area contributed by atoms with Crippen molar-refractivity contribution in [3.05, 3.63) is 46.8 Å². The van der Waals surface area contributed by atoms with Crippen molar-refractivity contribution in [1.82, 2.24) is 15.1 Å². The Hall–Kier alpha value is -2.64. The molecular weight excluding hydrogens is 359 g/mol. The van der Waals surface area contributed by atoms with Crippen LogP contribution in [0, 0.1) is 19.8 Å². The second kappa shape index (κ2) is 7.54. The molecule has 1 amide bonds. The number of ketones is 1. The van der Waals surface area contributed by atoms with Crippen molar-refractivity contribution in [3.63, 3.8) is 0 Å². The molecule has 1 heterocycles. The van der Waals surface area contributed by atoms with Gasteiger partial charge >= 0.3 is 6.18 Å². The summed E-state index contributed by atoms with van der Waals surface area (Å²) in [5.74, 6) is -1.36. The van der Waals surface area contributed by atoms with E-state index in [1.807, 2.05) is 13.8 Å². The molecule has 1 atom stereocenters. The zero-order chi connectivity index (χ0) is 20.5. The minimum Gasteiger partial charge on any atom is -0.346 e. The number of rotatable bonds is 5. The van der Waals surface area contributed by atoms with Crippen LogP contribution in [-0.4, -0.2) is 27.5 Å². The third-order valence-electron chi connectivity index (χ3n) is 4.50. The second-order valence-corrected chi connectivity index (χ2v) is 6.84. The van der Waals surface area contributed by atoms with Crippen LogP contribution >= 0.6 is 0 Å². The molecule has 27 heavy (non-hydrogen) atoms. The van der Waals surface area contributed by atoms with Crippen LogP contribution in [0.1, 0.15) is 48.1 Å². The van der Waals surface area contributed by atoms with Crippen LogP contribution in [0.3, 0.4) is 0 Å². The fourth-order valence-corrected chi connectivity index (χ4v) is 2.59. The highest BCUT2D eigenvalue weighted by Gasteiger charge is 2.31. The first-order chi connectivity index (χ1) is 12.4. The predicted molar refractivity (Wildman–Crippen MR) is 94.8 cm³/mol. The highest BCUT2D eigenvalue weighted by molar-refractivity contribution is 6.43. The number of nitrogens with zero attached hydrogens (tertiary/aromatic N) is 2. The van der Waals surface area contributed by atoms with Gasteiger partial charge in [0.05, 0.1) is 28.2 Å². The van der Waals surface area contributed by atoms with Gasteiger partial charge in [-0.15, -0.1) is 0 Å². The van der Waals surface area contributed by atoms with E-state index in [1.54, 1.807) is 20.8 Å². The molecule has 0 aliphatic heterocycles. The lowest BCUT2D eigenvalue weighted by Gasteiger charge is -2.16. The second-order valence-electron chi connectivity index (χ2n) is 6.84. The van der Waals surface area contributed by atoms with Gasteiger partial charge in [0, 0.05) is 6.04 Å². The van der Waals surface area contributed by atoms with E-state index < -0.39 is 23.4 Å². The number of benzene rings is 1. The Bertz CT molecular complexity index is 870. The van der Waals surface area contributed by atoms with Crippen LogP contribution < -0.4 is 5.32 Å². The summed E-state index contributed by atoms with van der Waals surface area (Å²) in [5, 5.41) is 6.81. The Kier molecular flexibility index (Phi) is 5.77. The number of hydrogen-bond acceptors (Lipinski definition) is 3. The molecule has 0 aliphatic rings. The quantitative estimate of drug-likeness (QED) is 0.632. The van der Waals surface area contributed by atoms with Gasteiger partial charge in [-0.1, -0.05) is 19.9 Å². The van der Waals surface area contributed by atoms with Crippen LogP contribution in [0.15, 0.2) is 24.3 Å². The maximum atomic E-state index is 13.0. The molecule has 1 N–H and O–H groups in total. The third kappa shape index (κ3) is 4.37. The van der Waals surface area contributed by atoms with E-state index in [4.69, 9.17) is 0 Å². The maximum absolute atomic E-state index is 13.0. The van der Waals surface area contributed by atoms with Crippen molar-refractivity contribution in [2.75, 3.05) is 0 Å². The third-order valence-corrected chi connectivity index (χ3v) is 4.50. The molecule has 5 nitrogen and oxygen atoms in total. The normalized spacial score (nSPS) is 12.9. The number of aryl methyl sites for hydroxylation is 1. The van der Waals surface area contributed by atoms with Crippen LogP contribution in [0.5, 0.6) is 0 Å². The smallest absolute Gasteiger partial charge is 0.346 e. The first-order valence-corrected chi connectivity index (χ1v) is 8.52. The standard InChI is InChI=1S/C19H22F3N3O2/c1-10(2)11(3)23-18(27)17(26)16-12(4)24-25(13(16)5)15-8-6-7-14(9-15)19(20,21)22/h6-11H,1-5H3,(H,23,27). The number of carbonyl (C=O) groups excluding carboxylic acids is 2. The van der Waals surface area contributed by atoms with Crippen molar-refractivity contribution in [1.29, 1.82) is 0 Å². The van der Waals surface area contributed by atoms with Gasteiger partial charge in [0.15, 0.2) is 0 Å². The number of nitrogens with one attached hydrogen (secondary N) is 1. The van der Waals surface area contributed by atoms with Gasteiger partial charge in [0.25, 0.3) is 11.7 Å². The molecule has 0 aliphatic carbocycles. The van der Waals surface area contributed by atoms with E-state index in [9.17, 15) is 22.8 Å². The lowest BCUT2D eigenvalue weighted by atomic mass is 10.0. The number of alkyl halides is 3. The summed E-state index contributed by atoms with van der Waals surface area (Å²) in [6, 6.07) is 4.45. The predicted octanol–water partition coefficient (Wildman–Crippen LogP) is 3.85. The van der Waals surface area contributed by atoms with Gasteiger partial charge in [0.1, 0.15) is 0 Å². The van der Waals surface area contributed by atoms with E-state index in [0.717, 1.165) is 12.1 Å². The number of amides is 1. The number of halogens is 3. The summed E-state index contributed by atoms with van der Waals surface area (Å²) in [5.41, 5.74) is 0.0386. The Labute approximate surface area is 155 Å². The van der Waals surface area contributed by atoms with Gasteiger partial charge in [-0.2, -0.15) is 18.3 Å². The molecule has 0 bridgehead atoms. The largest absolute Gasteiger partial charge is 0.416 e. The van der Waals surface area contributed by atoms with Crippen molar-refractivity contribution < 1.29 is 22.8 Å². The summed E-state index contributed by atoms with van der Waals surface area (Å²) in [4.78, 5) is 24.8. The summed E-state index contributed by atoms with van der Waals surface area (Å²) in [6.45, 7) is 8.72. The van der Waals surface area contributed by atoms with Gasteiger partial charge in [0.2, 0.25) is 0 Å². The van der Waals surface area contributed by atoms with Crippen LogP contribution in [-0.2, 0) is 11.0 Å². The Morgan fingerprint density at radius 1 is 1.15 bits per heavy atom. The first kappa shape index (κ1) is 20.7. The molecule has 1 aromatic heterocycles. The average Bonchev–Trinajstić information content (AvgIpc) is 2.87. The van der Waals surface area contributed by atoms with Crippen molar-refractivity contribution in [2.24, 2.45) is 5.92 Å². The number of carbonyl (C=O) groups is 2. The zero-order valence-electron chi connectivity index (χ0n) is 15.8.